The molecular weight excluding hydrogens is 386 g/mol. The molecule has 0 saturated heterocycles. The average molecular weight is 420 g/mol. The van der Waals surface area contributed by atoms with Crippen molar-refractivity contribution in [1.29, 1.82) is 0 Å². The number of fused-ring (bicyclic) bond motifs is 3. The van der Waals surface area contributed by atoms with Crippen LogP contribution in [0.1, 0.15) is 33.3 Å². The summed E-state index contributed by atoms with van der Waals surface area (Å²) >= 11 is 0. The molecule has 0 saturated carbocycles. The molecular formula is C21H33N3O4Si. The second-order valence-corrected chi connectivity index (χ2v) is 14.2. The van der Waals surface area contributed by atoms with E-state index in [0.29, 0.717) is 19.6 Å². The summed E-state index contributed by atoms with van der Waals surface area (Å²) in [4.78, 5) is 11.1. The van der Waals surface area contributed by atoms with Crippen molar-refractivity contribution in [3.8, 4) is 5.75 Å². The Labute approximate surface area is 173 Å². The maximum absolute atomic E-state index is 11.1. The highest BCUT2D eigenvalue weighted by atomic mass is 28.4. The Morgan fingerprint density at radius 1 is 1.41 bits per heavy atom. The van der Waals surface area contributed by atoms with Gasteiger partial charge in [-0.3, -0.25) is 9.48 Å². The highest BCUT2D eigenvalue weighted by Gasteiger charge is 2.38. The first-order chi connectivity index (χ1) is 13.5. The van der Waals surface area contributed by atoms with Crippen LogP contribution in [0.3, 0.4) is 0 Å². The largest absolute Gasteiger partial charge is 0.491 e. The van der Waals surface area contributed by atoms with Gasteiger partial charge in [0, 0.05) is 17.4 Å². The van der Waals surface area contributed by atoms with Crippen LogP contribution in [-0.4, -0.2) is 49.4 Å². The molecule has 2 N–H and O–H groups in total. The summed E-state index contributed by atoms with van der Waals surface area (Å²) in [5.41, 5.74) is 7.31. The average Bonchev–Trinajstić information content (AvgIpc) is 3.01. The van der Waals surface area contributed by atoms with Crippen LogP contribution in [0.4, 0.5) is 0 Å². The predicted molar refractivity (Wildman–Crippen MR) is 116 cm³/mol. The van der Waals surface area contributed by atoms with Gasteiger partial charge < -0.3 is 19.6 Å². The predicted octanol–water partition coefficient (Wildman–Crippen LogP) is 3.25. The van der Waals surface area contributed by atoms with Crippen molar-refractivity contribution in [1.82, 2.24) is 9.78 Å². The zero-order chi connectivity index (χ0) is 21.4. The number of carbonyl (C=O) groups is 1. The zero-order valence-electron chi connectivity index (χ0n) is 18.3. The molecule has 1 aliphatic heterocycles. The molecule has 2 atom stereocenters. The van der Waals surface area contributed by atoms with E-state index in [9.17, 15) is 4.79 Å². The van der Waals surface area contributed by atoms with Gasteiger partial charge in [0.2, 0.25) is 5.91 Å². The van der Waals surface area contributed by atoms with Crippen molar-refractivity contribution in [3.63, 3.8) is 0 Å². The highest BCUT2D eigenvalue weighted by Crippen LogP contribution is 2.38. The van der Waals surface area contributed by atoms with E-state index < -0.39 is 14.2 Å². The molecule has 1 aliphatic rings. The second kappa shape index (κ2) is 8.08. The maximum atomic E-state index is 11.1. The third-order valence-electron chi connectivity index (χ3n) is 5.92. The topological polar surface area (TPSA) is 88.6 Å². The molecule has 7 nitrogen and oxygen atoms in total. The number of hydrogen-bond acceptors (Lipinski definition) is 5. The summed E-state index contributed by atoms with van der Waals surface area (Å²) in [5.74, 6) is 0.367. The SMILES string of the molecule is CC(Cn1ncc2ccc3c(c21)CC(OCC(N)=O)CO3)O[Si](C)(C)C(C)(C)C. The van der Waals surface area contributed by atoms with E-state index in [1.54, 1.807) is 0 Å². The summed E-state index contributed by atoms with van der Waals surface area (Å²) in [6.45, 7) is 14.3. The first-order valence-electron chi connectivity index (χ1n) is 10.2. The minimum atomic E-state index is -1.86. The molecule has 2 aromatic rings. The van der Waals surface area contributed by atoms with E-state index in [-0.39, 0.29) is 23.9 Å². The Bertz CT molecular complexity index is 888. The number of rotatable bonds is 7. The van der Waals surface area contributed by atoms with Crippen LogP contribution in [0.15, 0.2) is 18.3 Å². The number of benzene rings is 1. The number of nitrogens with zero attached hydrogens (tertiary/aromatic N) is 2. The third-order valence-corrected chi connectivity index (χ3v) is 10.5. The number of hydrogen-bond donors (Lipinski definition) is 1. The van der Waals surface area contributed by atoms with Gasteiger partial charge in [-0.05, 0) is 37.2 Å². The zero-order valence-corrected chi connectivity index (χ0v) is 19.3. The molecule has 0 spiro atoms. The van der Waals surface area contributed by atoms with E-state index >= 15 is 0 Å². The second-order valence-electron chi connectivity index (χ2n) is 9.41. The molecule has 1 aromatic heterocycles. The minimum absolute atomic E-state index is 0.0428. The molecule has 3 rings (SSSR count). The molecule has 0 aliphatic carbocycles. The normalized spacial score (nSPS) is 18.3. The first kappa shape index (κ1) is 21.8. The Hall–Kier alpha value is -1.90. The Morgan fingerprint density at radius 3 is 2.79 bits per heavy atom. The lowest BCUT2D eigenvalue weighted by atomic mass is 10.0. The van der Waals surface area contributed by atoms with E-state index in [4.69, 9.17) is 19.6 Å². The monoisotopic (exact) mass is 419 g/mol. The summed E-state index contributed by atoms with van der Waals surface area (Å²) in [7, 11) is -1.86. The summed E-state index contributed by atoms with van der Waals surface area (Å²) in [6, 6.07) is 4.01. The Morgan fingerprint density at radius 2 is 2.14 bits per heavy atom. The molecule has 2 heterocycles. The van der Waals surface area contributed by atoms with Crippen LogP contribution in [-0.2, 0) is 26.9 Å². The van der Waals surface area contributed by atoms with Crippen molar-refractivity contribution in [3.05, 3.63) is 23.9 Å². The van der Waals surface area contributed by atoms with Crippen LogP contribution in [0, 0.1) is 0 Å². The molecule has 160 valence electrons. The molecule has 2 unspecified atom stereocenters. The number of nitrogens with two attached hydrogens (primary N) is 1. The van der Waals surface area contributed by atoms with Gasteiger partial charge in [0.25, 0.3) is 0 Å². The van der Waals surface area contributed by atoms with Crippen molar-refractivity contribution in [2.75, 3.05) is 13.2 Å². The fourth-order valence-corrected chi connectivity index (χ4v) is 4.88. The molecule has 1 aromatic carbocycles. The fraction of sp³-hybridized carbons (Fsp3) is 0.619. The smallest absolute Gasteiger partial charge is 0.243 e. The molecule has 0 fully saturated rings. The number of amides is 1. The van der Waals surface area contributed by atoms with Gasteiger partial charge in [0.15, 0.2) is 8.32 Å². The van der Waals surface area contributed by atoms with Gasteiger partial charge in [-0.2, -0.15) is 5.10 Å². The summed E-state index contributed by atoms with van der Waals surface area (Å²) < 4.78 is 20.0. The van der Waals surface area contributed by atoms with Gasteiger partial charge >= 0.3 is 0 Å². The fourth-order valence-electron chi connectivity index (χ4n) is 3.44. The number of aromatic nitrogens is 2. The summed E-state index contributed by atoms with van der Waals surface area (Å²) in [5, 5.41) is 5.83. The van der Waals surface area contributed by atoms with E-state index in [1.165, 1.54) is 0 Å². The van der Waals surface area contributed by atoms with Crippen LogP contribution in [0.2, 0.25) is 18.1 Å². The van der Waals surface area contributed by atoms with Gasteiger partial charge in [0.05, 0.1) is 30.5 Å². The van der Waals surface area contributed by atoms with Crippen LogP contribution in [0.5, 0.6) is 5.75 Å². The number of carbonyl (C=O) groups excluding carboxylic acids is 1. The lowest BCUT2D eigenvalue weighted by Crippen LogP contribution is -2.44. The van der Waals surface area contributed by atoms with Gasteiger partial charge in [-0.1, -0.05) is 20.8 Å². The van der Waals surface area contributed by atoms with E-state index in [1.807, 2.05) is 23.0 Å². The molecule has 0 bridgehead atoms. The third kappa shape index (κ3) is 4.82. The van der Waals surface area contributed by atoms with Crippen LogP contribution >= 0.6 is 0 Å². The number of ether oxygens (including phenoxy) is 2. The Kier molecular flexibility index (Phi) is 6.07. The van der Waals surface area contributed by atoms with E-state index in [2.05, 4.69) is 45.9 Å². The lowest BCUT2D eigenvalue weighted by Gasteiger charge is -2.38. The van der Waals surface area contributed by atoms with Crippen molar-refractivity contribution in [2.45, 2.75) is 71.0 Å². The molecule has 29 heavy (non-hydrogen) atoms. The van der Waals surface area contributed by atoms with Gasteiger partial charge in [-0.15, -0.1) is 0 Å². The molecule has 1 amide bonds. The summed E-state index contributed by atoms with van der Waals surface area (Å²) in [6.07, 6.45) is 2.37. The molecule has 8 heteroatoms. The van der Waals surface area contributed by atoms with Gasteiger partial charge in [0.1, 0.15) is 19.0 Å². The number of primary amides is 1. The quantitative estimate of drug-likeness (QED) is 0.696. The minimum Gasteiger partial charge on any atom is -0.491 e. The molecule has 0 radical (unpaired) electrons. The van der Waals surface area contributed by atoms with Crippen LogP contribution in [0.25, 0.3) is 10.9 Å². The lowest BCUT2D eigenvalue weighted by molar-refractivity contribution is -0.125. The van der Waals surface area contributed by atoms with Crippen LogP contribution < -0.4 is 10.5 Å². The Balaban J connectivity index is 1.83. The first-order valence-corrected chi connectivity index (χ1v) is 13.1. The maximum Gasteiger partial charge on any atom is 0.243 e. The van der Waals surface area contributed by atoms with Crippen molar-refractivity contribution >= 4 is 25.1 Å². The van der Waals surface area contributed by atoms with Gasteiger partial charge in [-0.25, -0.2) is 0 Å². The van der Waals surface area contributed by atoms with E-state index in [0.717, 1.165) is 22.2 Å². The standard InChI is InChI=1S/C21H33N3O4Si/c1-14(28-29(5,6)21(2,3)4)11-24-20-15(10-23-24)7-8-18-17(20)9-16(12-27-18)26-13-19(22)25/h7-8,10,14,16H,9,11-13H2,1-6H3,(H2,22,25). The highest BCUT2D eigenvalue weighted by molar-refractivity contribution is 6.74. The van der Waals surface area contributed by atoms with Crippen molar-refractivity contribution < 1.29 is 18.7 Å². The van der Waals surface area contributed by atoms with Crippen molar-refractivity contribution in [2.24, 2.45) is 5.73 Å².